The Kier molecular flexibility index (Phi) is 7.95. The topological polar surface area (TPSA) is 82.1 Å². The van der Waals surface area contributed by atoms with Gasteiger partial charge in [-0.25, -0.2) is 12.7 Å². The van der Waals surface area contributed by atoms with E-state index in [2.05, 4.69) is 0 Å². The summed E-state index contributed by atoms with van der Waals surface area (Å²) in [5.74, 6) is 0.795. The normalized spacial score (nSPS) is 11.0. The number of hydrogen-bond acceptors (Lipinski definition) is 6. The van der Waals surface area contributed by atoms with Crippen molar-refractivity contribution in [3.63, 3.8) is 0 Å². The van der Waals surface area contributed by atoms with Crippen molar-refractivity contribution in [2.75, 3.05) is 20.5 Å². The molecule has 0 aliphatic heterocycles. The SMILES string of the molecule is COc1cccc(CN(C(=O)Cc2ccccc2OCc2ccccc2)S(C)(=O)=O)c1OC. The number of rotatable bonds is 10. The van der Waals surface area contributed by atoms with Crippen LogP contribution in [-0.4, -0.2) is 39.1 Å². The first-order valence-electron chi connectivity index (χ1n) is 10.3. The minimum absolute atomic E-state index is 0.135. The number of hydrogen-bond donors (Lipinski definition) is 0. The van der Waals surface area contributed by atoms with E-state index in [0.717, 1.165) is 16.1 Å². The molecule has 0 saturated carbocycles. The summed E-state index contributed by atoms with van der Waals surface area (Å²) < 4.78 is 42.5. The van der Waals surface area contributed by atoms with Crippen molar-refractivity contribution in [1.29, 1.82) is 0 Å². The molecule has 3 aromatic carbocycles. The van der Waals surface area contributed by atoms with Crippen molar-refractivity contribution in [3.8, 4) is 17.2 Å². The number of ether oxygens (including phenoxy) is 3. The average molecular weight is 470 g/mol. The van der Waals surface area contributed by atoms with Crippen molar-refractivity contribution in [2.45, 2.75) is 19.6 Å². The molecule has 0 fully saturated rings. The molecule has 0 atom stereocenters. The van der Waals surface area contributed by atoms with Gasteiger partial charge in [0.25, 0.3) is 0 Å². The maximum Gasteiger partial charge on any atom is 0.240 e. The van der Waals surface area contributed by atoms with Gasteiger partial charge in [-0.2, -0.15) is 0 Å². The monoisotopic (exact) mass is 469 g/mol. The molecule has 0 aromatic heterocycles. The smallest absolute Gasteiger partial charge is 0.240 e. The summed E-state index contributed by atoms with van der Waals surface area (Å²) >= 11 is 0. The molecule has 7 nitrogen and oxygen atoms in total. The van der Waals surface area contributed by atoms with Gasteiger partial charge in [-0.15, -0.1) is 0 Å². The van der Waals surface area contributed by atoms with E-state index in [1.54, 1.807) is 36.4 Å². The molecule has 0 saturated heterocycles. The third-order valence-corrected chi connectivity index (χ3v) is 6.16. The van der Waals surface area contributed by atoms with Crippen LogP contribution >= 0.6 is 0 Å². The largest absolute Gasteiger partial charge is 0.493 e. The number of carbonyl (C=O) groups excluding carboxylic acids is 1. The van der Waals surface area contributed by atoms with E-state index in [-0.39, 0.29) is 13.0 Å². The van der Waals surface area contributed by atoms with Crippen LogP contribution in [0.3, 0.4) is 0 Å². The molecule has 0 spiro atoms. The van der Waals surface area contributed by atoms with Crippen molar-refractivity contribution in [3.05, 3.63) is 89.5 Å². The number of amides is 1. The molecule has 174 valence electrons. The summed E-state index contributed by atoms with van der Waals surface area (Å²) in [4.78, 5) is 13.2. The van der Waals surface area contributed by atoms with Crippen LogP contribution < -0.4 is 14.2 Å². The van der Waals surface area contributed by atoms with E-state index < -0.39 is 15.9 Å². The Labute approximate surface area is 194 Å². The Balaban J connectivity index is 1.82. The molecule has 0 radical (unpaired) electrons. The summed E-state index contributed by atoms with van der Waals surface area (Å²) in [5.41, 5.74) is 2.11. The van der Waals surface area contributed by atoms with E-state index in [1.807, 2.05) is 36.4 Å². The third kappa shape index (κ3) is 6.26. The predicted molar refractivity (Wildman–Crippen MR) is 126 cm³/mol. The highest BCUT2D eigenvalue weighted by atomic mass is 32.2. The molecule has 8 heteroatoms. The molecule has 33 heavy (non-hydrogen) atoms. The van der Waals surface area contributed by atoms with Gasteiger partial charge in [-0.3, -0.25) is 4.79 Å². The van der Waals surface area contributed by atoms with Gasteiger partial charge in [0.15, 0.2) is 11.5 Å². The summed E-state index contributed by atoms with van der Waals surface area (Å²) in [5, 5.41) is 0. The Hall–Kier alpha value is -3.52. The van der Waals surface area contributed by atoms with Crippen LogP contribution in [0, 0.1) is 0 Å². The number of para-hydroxylation sites is 2. The van der Waals surface area contributed by atoms with Crippen LogP contribution in [0.25, 0.3) is 0 Å². The van der Waals surface area contributed by atoms with Crippen molar-refractivity contribution >= 4 is 15.9 Å². The van der Waals surface area contributed by atoms with E-state index >= 15 is 0 Å². The Morgan fingerprint density at radius 1 is 0.818 bits per heavy atom. The van der Waals surface area contributed by atoms with Crippen LogP contribution in [0.2, 0.25) is 0 Å². The average Bonchev–Trinajstić information content (AvgIpc) is 2.81. The zero-order chi connectivity index (χ0) is 23.8. The fraction of sp³-hybridized carbons (Fsp3) is 0.240. The second kappa shape index (κ2) is 10.9. The number of sulfonamides is 1. The zero-order valence-corrected chi connectivity index (χ0v) is 19.7. The zero-order valence-electron chi connectivity index (χ0n) is 18.9. The van der Waals surface area contributed by atoms with Gasteiger partial charge in [-0.1, -0.05) is 60.7 Å². The van der Waals surface area contributed by atoms with Crippen LogP contribution in [0.1, 0.15) is 16.7 Å². The Bertz CT molecular complexity index is 1190. The maximum absolute atomic E-state index is 13.2. The minimum Gasteiger partial charge on any atom is -0.493 e. The summed E-state index contributed by atoms with van der Waals surface area (Å²) in [6.45, 7) is 0.161. The molecule has 3 aromatic rings. The van der Waals surface area contributed by atoms with Gasteiger partial charge in [0.1, 0.15) is 12.4 Å². The minimum atomic E-state index is -3.85. The van der Waals surface area contributed by atoms with E-state index in [4.69, 9.17) is 14.2 Å². The predicted octanol–water partition coefficient (Wildman–Crippen LogP) is 3.81. The molecule has 0 N–H and O–H groups in total. The van der Waals surface area contributed by atoms with Crippen molar-refractivity contribution in [1.82, 2.24) is 4.31 Å². The van der Waals surface area contributed by atoms with Crippen LogP contribution in [0.4, 0.5) is 0 Å². The van der Waals surface area contributed by atoms with Gasteiger partial charge in [0.2, 0.25) is 15.9 Å². The van der Waals surface area contributed by atoms with Crippen molar-refractivity contribution in [2.24, 2.45) is 0 Å². The molecule has 0 bridgehead atoms. The van der Waals surface area contributed by atoms with Crippen molar-refractivity contribution < 1.29 is 27.4 Å². The Morgan fingerprint density at radius 2 is 1.45 bits per heavy atom. The standard InChI is InChI=1S/C25H27NO6S/c1-30-23-15-9-13-21(25(23)31-2)17-26(33(3,28)29)24(27)16-20-12-7-8-14-22(20)32-18-19-10-5-4-6-11-19/h4-15H,16-18H2,1-3H3. The van der Waals surface area contributed by atoms with E-state index in [9.17, 15) is 13.2 Å². The van der Waals surface area contributed by atoms with Gasteiger partial charge >= 0.3 is 0 Å². The lowest BCUT2D eigenvalue weighted by Crippen LogP contribution is -2.36. The molecule has 0 heterocycles. The Morgan fingerprint density at radius 3 is 2.12 bits per heavy atom. The first kappa shape index (κ1) is 24.1. The molecule has 0 aliphatic carbocycles. The van der Waals surface area contributed by atoms with Gasteiger partial charge in [0.05, 0.1) is 33.4 Å². The third-order valence-electron chi connectivity index (χ3n) is 5.03. The lowest BCUT2D eigenvalue weighted by molar-refractivity contribution is -0.126. The lowest BCUT2D eigenvalue weighted by atomic mass is 10.1. The second-order valence-electron chi connectivity index (χ2n) is 7.37. The van der Waals surface area contributed by atoms with Gasteiger partial charge < -0.3 is 14.2 Å². The highest BCUT2D eigenvalue weighted by Gasteiger charge is 2.26. The van der Waals surface area contributed by atoms with Crippen LogP contribution in [0.15, 0.2) is 72.8 Å². The molecule has 1 amide bonds. The first-order valence-corrected chi connectivity index (χ1v) is 12.1. The first-order chi connectivity index (χ1) is 15.8. The number of methoxy groups -OCH3 is 2. The molecule has 3 rings (SSSR count). The molecular weight excluding hydrogens is 442 g/mol. The summed E-state index contributed by atoms with van der Waals surface area (Å²) in [6.07, 6.45) is 0.875. The lowest BCUT2D eigenvalue weighted by Gasteiger charge is -2.23. The maximum atomic E-state index is 13.2. The highest BCUT2D eigenvalue weighted by Crippen LogP contribution is 2.32. The van der Waals surface area contributed by atoms with Gasteiger partial charge in [0, 0.05) is 11.1 Å². The highest BCUT2D eigenvalue weighted by molar-refractivity contribution is 7.88. The second-order valence-corrected chi connectivity index (χ2v) is 9.28. The van der Waals surface area contributed by atoms with Gasteiger partial charge in [-0.05, 0) is 17.7 Å². The fourth-order valence-corrected chi connectivity index (χ4v) is 4.21. The number of nitrogens with zero attached hydrogens (tertiary/aromatic N) is 1. The summed E-state index contributed by atoms with van der Waals surface area (Å²) in [6, 6.07) is 21.9. The van der Waals surface area contributed by atoms with E-state index in [1.165, 1.54) is 14.2 Å². The molecule has 0 unspecified atom stereocenters. The van der Waals surface area contributed by atoms with E-state index in [0.29, 0.717) is 35.0 Å². The van der Waals surface area contributed by atoms with Crippen LogP contribution in [-0.2, 0) is 34.4 Å². The quantitative estimate of drug-likeness (QED) is 0.449. The summed E-state index contributed by atoms with van der Waals surface area (Å²) in [7, 11) is -0.888. The molecule has 0 aliphatic rings. The number of benzene rings is 3. The van der Waals surface area contributed by atoms with Crippen LogP contribution in [0.5, 0.6) is 17.2 Å². The fourth-order valence-electron chi connectivity index (χ4n) is 3.40. The molecular formula is C25H27NO6S. The number of carbonyl (C=O) groups is 1.